The Hall–Kier alpha value is -2.24. The predicted octanol–water partition coefficient (Wildman–Crippen LogP) is 2.73. The van der Waals surface area contributed by atoms with E-state index in [2.05, 4.69) is 6.58 Å². The van der Waals surface area contributed by atoms with Gasteiger partial charge in [0.1, 0.15) is 0 Å². The summed E-state index contributed by atoms with van der Waals surface area (Å²) in [4.78, 5) is 23.9. The number of halogens is 2. The molecule has 0 aliphatic heterocycles. The molecule has 0 radical (unpaired) electrons. The van der Waals surface area contributed by atoms with E-state index in [0.717, 1.165) is 12.1 Å². The van der Waals surface area contributed by atoms with Crippen molar-refractivity contribution in [1.82, 2.24) is 4.90 Å². The van der Waals surface area contributed by atoms with Crippen molar-refractivity contribution in [2.24, 2.45) is 0 Å². The number of carbonyl (C=O) groups is 2. The lowest BCUT2D eigenvalue weighted by atomic mass is 10.1. The molecule has 0 unspecified atom stereocenters. The van der Waals surface area contributed by atoms with Crippen LogP contribution in [0.2, 0.25) is 0 Å². The molecule has 0 heterocycles. The first-order chi connectivity index (χ1) is 9.93. The Morgan fingerprint density at radius 2 is 1.95 bits per heavy atom. The third-order valence-electron chi connectivity index (χ3n) is 2.87. The molecule has 0 bridgehead atoms. The van der Waals surface area contributed by atoms with Crippen molar-refractivity contribution >= 4 is 11.9 Å². The Kier molecular flexibility index (Phi) is 6.52. The van der Waals surface area contributed by atoms with Crippen LogP contribution in [0.4, 0.5) is 8.78 Å². The van der Waals surface area contributed by atoms with Gasteiger partial charge in [-0.25, -0.2) is 8.78 Å². The highest BCUT2D eigenvalue weighted by molar-refractivity contribution is 5.77. The van der Waals surface area contributed by atoms with E-state index in [4.69, 9.17) is 5.11 Å². The minimum atomic E-state index is -1.03. The molecule has 114 valence electrons. The lowest BCUT2D eigenvalue weighted by molar-refractivity contribution is -0.138. The predicted molar refractivity (Wildman–Crippen MR) is 73.5 cm³/mol. The first-order valence-corrected chi connectivity index (χ1v) is 6.48. The van der Waals surface area contributed by atoms with Gasteiger partial charge in [0.05, 0.1) is 6.42 Å². The maximum atomic E-state index is 13.2. The second kappa shape index (κ2) is 8.14. The van der Waals surface area contributed by atoms with Crippen LogP contribution in [0.5, 0.6) is 0 Å². The fourth-order valence-corrected chi connectivity index (χ4v) is 1.76. The normalized spacial score (nSPS) is 10.2. The number of benzene rings is 1. The molecule has 1 aromatic rings. The third kappa shape index (κ3) is 5.72. The largest absolute Gasteiger partial charge is 0.481 e. The van der Waals surface area contributed by atoms with Crippen molar-refractivity contribution in [3.63, 3.8) is 0 Å². The van der Waals surface area contributed by atoms with Gasteiger partial charge >= 0.3 is 5.97 Å². The average Bonchev–Trinajstić information content (AvgIpc) is 2.44. The number of hydrogen-bond acceptors (Lipinski definition) is 2. The average molecular weight is 297 g/mol. The zero-order valence-electron chi connectivity index (χ0n) is 11.5. The Morgan fingerprint density at radius 1 is 1.24 bits per heavy atom. The zero-order valence-corrected chi connectivity index (χ0v) is 11.5. The summed E-state index contributed by atoms with van der Waals surface area (Å²) in [6.45, 7) is 3.58. The topological polar surface area (TPSA) is 57.6 Å². The van der Waals surface area contributed by atoms with Crippen molar-refractivity contribution in [2.45, 2.75) is 25.8 Å². The van der Waals surface area contributed by atoms with E-state index < -0.39 is 17.6 Å². The molecule has 1 aromatic carbocycles. The van der Waals surface area contributed by atoms with Gasteiger partial charge in [0.25, 0.3) is 0 Å². The van der Waals surface area contributed by atoms with Crippen LogP contribution in [0.3, 0.4) is 0 Å². The van der Waals surface area contributed by atoms with E-state index in [1.807, 2.05) is 0 Å². The molecule has 21 heavy (non-hydrogen) atoms. The fourth-order valence-electron chi connectivity index (χ4n) is 1.76. The molecule has 1 rings (SSSR count). The standard InChI is InChI=1S/C15H17F2NO3/c1-2-3-4-14(19)18(8-7-15(20)21)10-11-5-6-12(16)13(17)9-11/h2,5-6,9H,1,3-4,7-8,10H2,(H,20,21). The summed E-state index contributed by atoms with van der Waals surface area (Å²) < 4.78 is 26.0. The molecule has 0 aromatic heterocycles. The molecule has 0 fully saturated rings. The lowest BCUT2D eigenvalue weighted by Crippen LogP contribution is -2.32. The number of rotatable bonds is 8. The van der Waals surface area contributed by atoms with E-state index >= 15 is 0 Å². The molecule has 0 aliphatic rings. The third-order valence-corrected chi connectivity index (χ3v) is 2.87. The molecule has 0 saturated heterocycles. The van der Waals surface area contributed by atoms with Gasteiger partial charge in [0, 0.05) is 19.5 Å². The van der Waals surface area contributed by atoms with Crippen LogP contribution in [0, 0.1) is 11.6 Å². The Balaban J connectivity index is 2.79. The second-order valence-electron chi connectivity index (χ2n) is 4.53. The van der Waals surface area contributed by atoms with Crippen LogP contribution in [-0.2, 0) is 16.1 Å². The van der Waals surface area contributed by atoms with Gasteiger partial charge in [-0.3, -0.25) is 9.59 Å². The number of carboxylic acids is 1. The van der Waals surface area contributed by atoms with Gasteiger partial charge < -0.3 is 10.0 Å². The molecule has 0 saturated carbocycles. The first-order valence-electron chi connectivity index (χ1n) is 6.48. The van der Waals surface area contributed by atoms with Crippen LogP contribution in [-0.4, -0.2) is 28.4 Å². The maximum absolute atomic E-state index is 13.2. The second-order valence-corrected chi connectivity index (χ2v) is 4.53. The molecule has 1 N–H and O–H groups in total. The van der Waals surface area contributed by atoms with Gasteiger partial charge in [-0.2, -0.15) is 0 Å². The van der Waals surface area contributed by atoms with Gasteiger partial charge in [-0.05, 0) is 24.1 Å². The minimum absolute atomic E-state index is 0.0182. The Bertz CT molecular complexity index is 532. The number of carboxylic acid groups (broad SMARTS) is 1. The molecule has 1 amide bonds. The van der Waals surface area contributed by atoms with Crippen molar-refractivity contribution in [1.29, 1.82) is 0 Å². The van der Waals surface area contributed by atoms with Gasteiger partial charge in [0.15, 0.2) is 11.6 Å². The highest BCUT2D eigenvalue weighted by atomic mass is 19.2. The number of allylic oxidation sites excluding steroid dienone is 1. The zero-order chi connectivity index (χ0) is 15.8. The molecule has 4 nitrogen and oxygen atoms in total. The van der Waals surface area contributed by atoms with E-state index in [-0.39, 0.29) is 31.8 Å². The van der Waals surface area contributed by atoms with Crippen LogP contribution in [0.1, 0.15) is 24.8 Å². The number of hydrogen-bond donors (Lipinski definition) is 1. The minimum Gasteiger partial charge on any atom is -0.481 e. The van der Waals surface area contributed by atoms with E-state index in [0.29, 0.717) is 12.0 Å². The van der Waals surface area contributed by atoms with Gasteiger partial charge in [-0.1, -0.05) is 12.1 Å². The Morgan fingerprint density at radius 3 is 2.52 bits per heavy atom. The fraction of sp³-hybridized carbons (Fsp3) is 0.333. The van der Waals surface area contributed by atoms with Crippen LogP contribution in [0.25, 0.3) is 0 Å². The SMILES string of the molecule is C=CCCC(=O)N(CCC(=O)O)Cc1ccc(F)c(F)c1. The molecule has 0 atom stereocenters. The number of aliphatic carboxylic acids is 1. The highest BCUT2D eigenvalue weighted by Crippen LogP contribution is 2.12. The molecule has 0 aliphatic carbocycles. The lowest BCUT2D eigenvalue weighted by Gasteiger charge is -2.22. The summed E-state index contributed by atoms with van der Waals surface area (Å²) in [6.07, 6.45) is 2.06. The molecule has 6 heteroatoms. The molecular weight excluding hydrogens is 280 g/mol. The van der Waals surface area contributed by atoms with Crippen molar-refractivity contribution in [2.75, 3.05) is 6.54 Å². The van der Waals surface area contributed by atoms with Crippen LogP contribution >= 0.6 is 0 Å². The van der Waals surface area contributed by atoms with Gasteiger partial charge in [-0.15, -0.1) is 6.58 Å². The van der Waals surface area contributed by atoms with Gasteiger partial charge in [0.2, 0.25) is 5.91 Å². The summed E-state index contributed by atoms with van der Waals surface area (Å²) in [5, 5.41) is 8.70. The maximum Gasteiger partial charge on any atom is 0.305 e. The van der Waals surface area contributed by atoms with Crippen molar-refractivity contribution in [3.05, 3.63) is 48.1 Å². The number of carbonyl (C=O) groups excluding carboxylic acids is 1. The molecular formula is C15H17F2NO3. The van der Waals surface area contributed by atoms with Crippen LogP contribution in [0.15, 0.2) is 30.9 Å². The van der Waals surface area contributed by atoms with E-state index in [9.17, 15) is 18.4 Å². The van der Waals surface area contributed by atoms with E-state index in [1.165, 1.54) is 11.0 Å². The number of nitrogens with zero attached hydrogens (tertiary/aromatic N) is 1. The summed E-state index contributed by atoms with van der Waals surface area (Å²) in [6, 6.07) is 3.35. The number of amides is 1. The summed E-state index contributed by atoms with van der Waals surface area (Å²) in [7, 11) is 0. The molecule has 0 spiro atoms. The van der Waals surface area contributed by atoms with E-state index in [1.54, 1.807) is 6.08 Å². The van der Waals surface area contributed by atoms with Crippen molar-refractivity contribution in [3.8, 4) is 0 Å². The monoisotopic (exact) mass is 297 g/mol. The first kappa shape index (κ1) is 16.8. The smallest absolute Gasteiger partial charge is 0.305 e. The quantitative estimate of drug-likeness (QED) is 0.751. The summed E-state index contributed by atoms with van der Waals surface area (Å²) >= 11 is 0. The van der Waals surface area contributed by atoms with Crippen LogP contribution < -0.4 is 0 Å². The summed E-state index contributed by atoms with van der Waals surface area (Å²) in [5.41, 5.74) is 0.409. The highest BCUT2D eigenvalue weighted by Gasteiger charge is 2.15. The summed E-state index contributed by atoms with van der Waals surface area (Å²) in [5.74, 6) is -3.24. The van der Waals surface area contributed by atoms with Crippen molar-refractivity contribution < 1.29 is 23.5 Å². The Labute approximate surface area is 121 Å².